The van der Waals surface area contributed by atoms with Crippen LogP contribution in [0.15, 0.2) is 47.1 Å². The Kier molecular flexibility index (Phi) is 5.94. The maximum atomic E-state index is 13.7. The lowest BCUT2D eigenvalue weighted by Crippen LogP contribution is -2.46. The SMILES string of the molecule is O=C(O)c1ccc(N2C3CCC2CC(OCc2c(-c4ccccc4C(F)(F)F)noc2C2CC2)C3)nc1. The molecule has 2 saturated heterocycles. The zero-order valence-electron chi connectivity index (χ0n) is 19.9. The van der Waals surface area contributed by atoms with Crippen molar-refractivity contribution < 1.29 is 32.3 Å². The number of carboxylic acid groups (broad SMARTS) is 1. The van der Waals surface area contributed by atoms with Crippen LogP contribution < -0.4 is 4.90 Å². The first kappa shape index (κ1) is 24.0. The number of carboxylic acids is 1. The summed E-state index contributed by atoms with van der Waals surface area (Å²) in [6.07, 6.45) is 2.17. The number of carbonyl (C=O) groups is 1. The number of fused-ring (bicyclic) bond motifs is 2. The Morgan fingerprint density at radius 3 is 2.43 bits per heavy atom. The van der Waals surface area contributed by atoms with Crippen LogP contribution in [0.1, 0.15) is 71.7 Å². The number of hydrogen-bond acceptors (Lipinski definition) is 6. The smallest absolute Gasteiger partial charge is 0.417 e. The second-order valence-corrected chi connectivity index (χ2v) is 10.1. The van der Waals surface area contributed by atoms with Crippen molar-refractivity contribution in [2.45, 2.75) is 75.4 Å². The zero-order chi connectivity index (χ0) is 25.7. The third kappa shape index (κ3) is 4.58. The molecule has 6 rings (SSSR count). The second-order valence-electron chi connectivity index (χ2n) is 10.1. The van der Waals surface area contributed by atoms with Gasteiger partial charge in [0, 0.05) is 35.3 Å². The van der Waals surface area contributed by atoms with Crippen molar-refractivity contribution in [2.24, 2.45) is 0 Å². The molecule has 3 aliphatic rings. The summed E-state index contributed by atoms with van der Waals surface area (Å²) in [5.74, 6) is 0.564. The molecule has 2 unspecified atom stereocenters. The van der Waals surface area contributed by atoms with E-state index in [4.69, 9.17) is 14.4 Å². The quantitative estimate of drug-likeness (QED) is 0.412. The number of ether oxygens (including phenoxy) is 1. The highest BCUT2D eigenvalue weighted by atomic mass is 19.4. The molecular weight excluding hydrogens is 487 g/mol. The van der Waals surface area contributed by atoms with Gasteiger partial charge >= 0.3 is 12.1 Å². The van der Waals surface area contributed by atoms with Crippen LogP contribution in [-0.4, -0.2) is 39.4 Å². The van der Waals surface area contributed by atoms with E-state index in [2.05, 4.69) is 15.0 Å². The Labute approximate surface area is 211 Å². The molecule has 0 radical (unpaired) electrons. The van der Waals surface area contributed by atoms with Crippen molar-refractivity contribution in [3.05, 3.63) is 65.0 Å². The summed E-state index contributed by atoms with van der Waals surface area (Å²) in [5, 5.41) is 13.2. The van der Waals surface area contributed by atoms with Gasteiger partial charge in [-0.15, -0.1) is 0 Å². The lowest BCUT2D eigenvalue weighted by atomic mass is 9.98. The molecule has 3 aromatic rings. The van der Waals surface area contributed by atoms with Gasteiger partial charge in [-0.05, 0) is 56.7 Å². The van der Waals surface area contributed by atoms with E-state index in [1.54, 1.807) is 18.2 Å². The Morgan fingerprint density at radius 1 is 1.08 bits per heavy atom. The summed E-state index contributed by atoms with van der Waals surface area (Å²) in [7, 11) is 0. The van der Waals surface area contributed by atoms with E-state index >= 15 is 0 Å². The molecule has 3 fully saturated rings. The van der Waals surface area contributed by atoms with Gasteiger partial charge in [0.05, 0.1) is 23.8 Å². The van der Waals surface area contributed by atoms with E-state index in [0.29, 0.717) is 11.3 Å². The lowest BCUT2D eigenvalue weighted by Gasteiger charge is -2.39. The maximum absolute atomic E-state index is 13.7. The molecular formula is C27H26F3N3O4. The largest absolute Gasteiger partial charge is 0.478 e. The summed E-state index contributed by atoms with van der Waals surface area (Å²) in [6, 6.07) is 9.18. The third-order valence-electron chi connectivity index (χ3n) is 7.67. The number of nitrogens with zero attached hydrogens (tertiary/aromatic N) is 3. The van der Waals surface area contributed by atoms with Crippen LogP contribution in [0.2, 0.25) is 0 Å². The molecule has 1 aromatic carbocycles. The first-order valence-electron chi connectivity index (χ1n) is 12.5. The topological polar surface area (TPSA) is 88.7 Å². The van der Waals surface area contributed by atoms with Gasteiger partial charge in [0.1, 0.15) is 17.3 Å². The van der Waals surface area contributed by atoms with Gasteiger partial charge < -0.3 is 19.3 Å². The molecule has 4 heterocycles. The van der Waals surface area contributed by atoms with E-state index in [-0.39, 0.29) is 47.5 Å². The molecule has 1 aliphatic carbocycles. The van der Waals surface area contributed by atoms with E-state index in [1.807, 2.05) is 0 Å². The third-order valence-corrected chi connectivity index (χ3v) is 7.67. The van der Waals surface area contributed by atoms with Gasteiger partial charge in [-0.3, -0.25) is 0 Å². The summed E-state index contributed by atoms with van der Waals surface area (Å²) in [6.45, 7) is 0.145. The number of piperidine rings is 1. The van der Waals surface area contributed by atoms with Gasteiger partial charge in [0.25, 0.3) is 0 Å². The normalized spacial score (nSPS) is 23.4. The highest BCUT2D eigenvalue weighted by Gasteiger charge is 2.43. The van der Waals surface area contributed by atoms with E-state index in [9.17, 15) is 18.0 Å². The highest BCUT2D eigenvalue weighted by molar-refractivity contribution is 5.87. The standard InChI is InChI=1S/C27H26F3N3O4/c28-27(29,30)22-4-2-1-3-20(22)24-21(25(37-32-24)15-5-6-15)14-36-19-11-17-8-9-18(12-19)33(17)23-10-7-16(13-31-23)26(34)35/h1-4,7,10,13,15,17-19H,5-6,8-9,11-12,14H2,(H,34,35). The number of pyridine rings is 1. The lowest BCUT2D eigenvalue weighted by molar-refractivity contribution is -0.137. The average molecular weight is 514 g/mol. The van der Waals surface area contributed by atoms with Gasteiger partial charge in [0.2, 0.25) is 0 Å². The van der Waals surface area contributed by atoms with Crippen LogP contribution in [0, 0.1) is 0 Å². The molecule has 2 aromatic heterocycles. The zero-order valence-corrected chi connectivity index (χ0v) is 19.9. The molecule has 2 aliphatic heterocycles. The molecule has 0 spiro atoms. The molecule has 1 N–H and O–H groups in total. The minimum atomic E-state index is -4.50. The molecule has 0 amide bonds. The number of halogens is 3. The van der Waals surface area contributed by atoms with Gasteiger partial charge in [-0.1, -0.05) is 23.4 Å². The number of aromatic nitrogens is 2. The Balaban J connectivity index is 1.20. The van der Waals surface area contributed by atoms with E-state index < -0.39 is 17.7 Å². The second kappa shape index (κ2) is 9.16. The van der Waals surface area contributed by atoms with Crippen LogP contribution in [0.4, 0.5) is 19.0 Å². The van der Waals surface area contributed by atoms with Gasteiger partial charge in [-0.2, -0.15) is 13.2 Å². The van der Waals surface area contributed by atoms with Crippen molar-refractivity contribution in [2.75, 3.05) is 4.90 Å². The molecule has 10 heteroatoms. The van der Waals surface area contributed by atoms with Crippen LogP contribution in [0.5, 0.6) is 0 Å². The fourth-order valence-corrected chi connectivity index (χ4v) is 5.78. The number of hydrogen-bond donors (Lipinski definition) is 1. The number of alkyl halides is 3. The van der Waals surface area contributed by atoms with Crippen LogP contribution in [0.3, 0.4) is 0 Å². The predicted molar refractivity (Wildman–Crippen MR) is 127 cm³/mol. The summed E-state index contributed by atoms with van der Waals surface area (Å²) >= 11 is 0. The Hall–Kier alpha value is -3.40. The maximum Gasteiger partial charge on any atom is 0.417 e. The summed E-state index contributed by atoms with van der Waals surface area (Å²) in [4.78, 5) is 17.8. The fraction of sp³-hybridized carbons (Fsp3) is 0.444. The van der Waals surface area contributed by atoms with Gasteiger partial charge in [-0.25, -0.2) is 9.78 Å². The van der Waals surface area contributed by atoms with Crippen LogP contribution in [-0.2, 0) is 17.5 Å². The fourth-order valence-electron chi connectivity index (χ4n) is 5.78. The molecule has 7 nitrogen and oxygen atoms in total. The first-order chi connectivity index (χ1) is 17.8. The van der Waals surface area contributed by atoms with E-state index in [1.165, 1.54) is 18.3 Å². The van der Waals surface area contributed by atoms with Crippen molar-refractivity contribution >= 4 is 11.8 Å². The molecule has 194 valence electrons. The minimum Gasteiger partial charge on any atom is -0.478 e. The van der Waals surface area contributed by atoms with Crippen LogP contribution >= 0.6 is 0 Å². The molecule has 2 bridgehead atoms. The van der Waals surface area contributed by atoms with E-state index in [0.717, 1.165) is 50.4 Å². The number of rotatable bonds is 7. The molecule has 1 saturated carbocycles. The van der Waals surface area contributed by atoms with Crippen molar-refractivity contribution in [1.29, 1.82) is 0 Å². The van der Waals surface area contributed by atoms with Crippen molar-refractivity contribution in [1.82, 2.24) is 10.1 Å². The molecule has 37 heavy (non-hydrogen) atoms. The predicted octanol–water partition coefficient (Wildman–Crippen LogP) is 6.05. The van der Waals surface area contributed by atoms with Crippen molar-refractivity contribution in [3.8, 4) is 11.3 Å². The minimum absolute atomic E-state index is 0.00928. The first-order valence-corrected chi connectivity index (χ1v) is 12.5. The average Bonchev–Trinajstić information content (AvgIpc) is 3.58. The monoisotopic (exact) mass is 513 g/mol. The van der Waals surface area contributed by atoms with Crippen LogP contribution in [0.25, 0.3) is 11.3 Å². The Bertz CT molecular complexity index is 1290. The van der Waals surface area contributed by atoms with Gasteiger partial charge in [0.15, 0.2) is 0 Å². The summed E-state index contributed by atoms with van der Waals surface area (Å²) in [5.41, 5.74) is 0.241. The summed E-state index contributed by atoms with van der Waals surface area (Å²) < 4.78 is 53.1. The molecule has 2 atom stereocenters. The number of benzene rings is 1. The number of aromatic carboxylic acids is 1. The van der Waals surface area contributed by atoms with Crippen molar-refractivity contribution in [3.63, 3.8) is 0 Å². The number of anilines is 1. The highest BCUT2D eigenvalue weighted by Crippen LogP contribution is 2.46. The Morgan fingerprint density at radius 2 is 1.81 bits per heavy atom.